The van der Waals surface area contributed by atoms with Crippen LogP contribution in [0.25, 0.3) is 0 Å². The topological polar surface area (TPSA) is 69.7 Å². The van der Waals surface area contributed by atoms with Crippen LogP contribution in [0.2, 0.25) is 0 Å². The van der Waals surface area contributed by atoms with Gasteiger partial charge in [0, 0.05) is 18.8 Å². The highest BCUT2D eigenvalue weighted by Crippen LogP contribution is 2.23. The molecule has 1 amide bonds. The molecule has 1 heterocycles. The van der Waals surface area contributed by atoms with Crippen molar-refractivity contribution in [2.45, 2.75) is 39.2 Å². The zero-order valence-corrected chi connectivity index (χ0v) is 18.8. The second kappa shape index (κ2) is 9.51. The number of carbonyl (C=O) groups is 1. The highest BCUT2D eigenvalue weighted by atomic mass is 32.2. The van der Waals surface area contributed by atoms with E-state index in [0.717, 1.165) is 41.2 Å². The first-order chi connectivity index (χ1) is 14.3. The highest BCUT2D eigenvalue weighted by molar-refractivity contribution is 7.92. The van der Waals surface area contributed by atoms with E-state index in [4.69, 9.17) is 0 Å². The predicted molar refractivity (Wildman–Crippen MR) is 122 cm³/mol. The summed E-state index contributed by atoms with van der Waals surface area (Å²) in [6.45, 7) is 5.87. The zero-order chi connectivity index (χ0) is 21.7. The number of nitrogens with one attached hydrogen (secondary N) is 1. The van der Waals surface area contributed by atoms with Crippen LogP contribution < -0.4 is 14.5 Å². The van der Waals surface area contributed by atoms with Crippen LogP contribution in [-0.2, 0) is 21.2 Å². The molecule has 2 aromatic carbocycles. The van der Waals surface area contributed by atoms with Crippen molar-refractivity contribution in [3.8, 4) is 0 Å². The smallest absolute Gasteiger partial charge is 0.241 e. The molecule has 0 spiro atoms. The van der Waals surface area contributed by atoms with E-state index in [9.17, 15) is 13.2 Å². The van der Waals surface area contributed by atoms with Crippen LogP contribution in [0, 0.1) is 0 Å². The van der Waals surface area contributed by atoms with Crippen molar-refractivity contribution in [2.75, 3.05) is 35.1 Å². The molecule has 1 aliphatic heterocycles. The standard InChI is InChI=1S/C23H31N3O3S/c1-4-19-7-11-22(12-8-19)26(30(3,28)29)17-23(27)24-18(2)20-9-13-21(14-10-20)25-15-5-6-16-25/h7-14,18H,4-6,15-17H2,1-3H3,(H,24,27). The number of benzene rings is 2. The number of anilines is 2. The van der Waals surface area contributed by atoms with E-state index >= 15 is 0 Å². The lowest BCUT2D eigenvalue weighted by atomic mass is 10.1. The van der Waals surface area contributed by atoms with Gasteiger partial charge in [-0.15, -0.1) is 0 Å². The Morgan fingerprint density at radius 2 is 1.67 bits per heavy atom. The molecule has 1 aliphatic rings. The van der Waals surface area contributed by atoms with Gasteiger partial charge in [-0.2, -0.15) is 0 Å². The third-order valence-electron chi connectivity index (χ3n) is 5.56. The van der Waals surface area contributed by atoms with Crippen molar-refractivity contribution >= 4 is 27.3 Å². The number of rotatable bonds is 8. The Morgan fingerprint density at radius 1 is 1.07 bits per heavy atom. The number of hydrogen-bond acceptors (Lipinski definition) is 4. The Labute approximate surface area is 179 Å². The summed E-state index contributed by atoms with van der Waals surface area (Å²) in [6, 6.07) is 15.3. The Bertz CT molecular complexity index is 950. The van der Waals surface area contributed by atoms with Gasteiger partial charge in [0.2, 0.25) is 15.9 Å². The van der Waals surface area contributed by atoms with Gasteiger partial charge < -0.3 is 10.2 Å². The fourth-order valence-corrected chi connectivity index (χ4v) is 4.60. The van der Waals surface area contributed by atoms with Crippen molar-refractivity contribution in [1.29, 1.82) is 0 Å². The molecule has 1 N–H and O–H groups in total. The van der Waals surface area contributed by atoms with Gasteiger partial charge in [0.05, 0.1) is 18.0 Å². The molecule has 7 heteroatoms. The Morgan fingerprint density at radius 3 is 2.20 bits per heavy atom. The summed E-state index contributed by atoms with van der Waals surface area (Å²) >= 11 is 0. The fraction of sp³-hybridized carbons (Fsp3) is 0.435. The number of carbonyl (C=O) groups excluding carboxylic acids is 1. The van der Waals surface area contributed by atoms with E-state index in [1.165, 1.54) is 18.5 Å². The monoisotopic (exact) mass is 429 g/mol. The van der Waals surface area contributed by atoms with Crippen molar-refractivity contribution in [1.82, 2.24) is 5.32 Å². The molecule has 1 unspecified atom stereocenters. The maximum Gasteiger partial charge on any atom is 0.241 e. The van der Waals surface area contributed by atoms with Crippen LogP contribution in [0.1, 0.15) is 43.9 Å². The van der Waals surface area contributed by atoms with Gasteiger partial charge in [-0.1, -0.05) is 31.2 Å². The van der Waals surface area contributed by atoms with Crippen LogP contribution in [-0.4, -0.2) is 40.2 Å². The minimum atomic E-state index is -3.58. The molecule has 0 radical (unpaired) electrons. The van der Waals surface area contributed by atoms with Gasteiger partial charge in [0.15, 0.2) is 0 Å². The number of aryl methyl sites for hydroxylation is 1. The molecule has 0 aliphatic carbocycles. The lowest BCUT2D eigenvalue weighted by Gasteiger charge is -2.24. The first kappa shape index (κ1) is 22.2. The largest absolute Gasteiger partial charge is 0.372 e. The van der Waals surface area contributed by atoms with Gasteiger partial charge in [-0.25, -0.2) is 8.42 Å². The van der Waals surface area contributed by atoms with Gasteiger partial charge in [0.1, 0.15) is 6.54 Å². The Hall–Kier alpha value is -2.54. The van der Waals surface area contributed by atoms with Crippen LogP contribution in [0.4, 0.5) is 11.4 Å². The molecule has 0 saturated carbocycles. The normalized spacial score (nSPS) is 15.1. The summed E-state index contributed by atoms with van der Waals surface area (Å²) in [5.41, 5.74) is 3.80. The minimum absolute atomic E-state index is 0.214. The van der Waals surface area contributed by atoms with Crippen LogP contribution in [0.15, 0.2) is 48.5 Å². The van der Waals surface area contributed by atoms with Crippen molar-refractivity contribution in [3.05, 3.63) is 59.7 Å². The predicted octanol–water partition coefficient (Wildman–Crippen LogP) is 3.49. The summed E-state index contributed by atoms with van der Waals surface area (Å²) in [5.74, 6) is -0.337. The quantitative estimate of drug-likeness (QED) is 0.697. The van der Waals surface area contributed by atoms with E-state index in [0.29, 0.717) is 5.69 Å². The number of nitrogens with zero attached hydrogens (tertiary/aromatic N) is 2. The maximum atomic E-state index is 12.6. The van der Waals surface area contributed by atoms with E-state index in [2.05, 4.69) is 22.3 Å². The third-order valence-corrected chi connectivity index (χ3v) is 6.70. The molecular weight excluding hydrogens is 398 g/mol. The van der Waals surface area contributed by atoms with Crippen LogP contribution in [0.5, 0.6) is 0 Å². The Balaban J connectivity index is 1.65. The Kier molecular flexibility index (Phi) is 7.02. The number of sulfonamides is 1. The van der Waals surface area contributed by atoms with E-state index < -0.39 is 10.0 Å². The fourth-order valence-electron chi connectivity index (χ4n) is 3.75. The van der Waals surface area contributed by atoms with Crippen LogP contribution in [0.3, 0.4) is 0 Å². The second-order valence-corrected chi connectivity index (χ2v) is 9.77. The summed E-state index contributed by atoms with van der Waals surface area (Å²) in [5, 5.41) is 2.92. The third kappa shape index (κ3) is 5.53. The average Bonchev–Trinajstić information content (AvgIpc) is 3.26. The molecule has 0 bridgehead atoms. The van der Waals surface area contributed by atoms with Crippen LogP contribution >= 0.6 is 0 Å². The lowest BCUT2D eigenvalue weighted by Crippen LogP contribution is -2.41. The highest BCUT2D eigenvalue weighted by Gasteiger charge is 2.22. The SMILES string of the molecule is CCc1ccc(N(CC(=O)NC(C)c2ccc(N3CCCC3)cc2)S(C)(=O)=O)cc1. The van der Waals surface area contributed by atoms with Crippen molar-refractivity contribution in [3.63, 3.8) is 0 Å². The summed E-state index contributed by atoms with van der Waals surface area (Å²) in [4.78, 5) is 15.0. The first-order valence-corrected chi connectivity index (χ1v) is 12.3. The number of hydrogen-bond donors (Lipinski definition) is 1. The molecule has 2 aromatic rings. The van der Waals surface area contributed by atoms with Gasteiger partial charge in [-0.05, 0) is 61.6 Å². The second-order valence-electron chi connectivity index (χ2n) is 7.86. The molecule has 1 fully saturated rings. The molecule has 3 rings (SSSR count). The molecule has 1 atom stereocenters. The molecule has 1 saturated heterocycles. The lowest BCUT2D eigenvalue weighted by molar-refractivity contribution is -0.120. The number of amides is 1. The summed E-state index contributed by atoms with van der Waals surface area (Å²) in [6.07, 6.45) is 4.45. The van der Waals surface area contributed by atoms with E-state index in [1.54, 1.807) is 12.1 Å². The molecular formula is C23H31N3O3S. The van der Waals surface area contributed by atoms with Crippen molar-refractivity contribution in [2.24, 2.45) is 0 Å². The summed E-state index contributed by atoms with van der Waals surface area (Å²) < 4.78 is 25.7. The summed E-state index contributed by atoms with van der Waals surface area (Å²) in [7, 11) is -3.58. The molecule has 6 nitrogen and oxygen atoms in total. The first-order valence-electron chi connectivity index (χ1n) is 10.5. The molecule has 0 aromatic heterocycles. The minimum Gasteiger partial charge on any atom is -0.372 e. The van der Waals surface area contributed by atoms with E-state index in [-0.39, 0.29) is 18.5 Å². The molecule has 30 heavy (non-hydrogen) atoms. The average molecular weight is 430 g/mol. The zero-order valence-electron chi connectivity index (χ0n) is 18.0. The van der Waals surface area contributed by atoms with Gasteiger partial charge >= 0.3 is 0 Å². The van der Waals surface area contributed by atoms with Gasteiger partial charge in [0.25, 0.3) is 0 Å². The van der Waals surface area contributed by atoms with Gasteiger partial charge in [-0.3, -0.25) is 9.10 Å². The van der Waals surface area contributed by atoms with E-state index in [1.807, 2.05) is 38.1 Å². The van der Waals surface area contributed by atoms with Crippen molar-refractivity contribution < 1.29 is 13.2 Å². The maximum absolute atomic E-state index is 12.6. The molecule has 162 valence electrons.